The lowest BCUT2D eigenvalue weighted by atomic mass is 10.2. The first-order chi connectivity index (χ1) is 12.9. The van der Waals surface area contributed by atoms with E-state index in [-0.39, 0.29) is 34.1 Å². The number of anilines is 1. The number of esters is 1. The minimum absolute atomic E-state index is 0.181. The summed E-state index contributed by atoms with van der Waals surface area (Å²) in [6.45, 7) is 2.39. The van der Waals surface area contributed by atoms with Gasteiger partial charge in [-0.05, 0) is 31.5 Å². The Labute approximate surface area is 170 Å². The first-order valence-electron chi connectivity index (χ1n) is 8.06. The summed E-state index contributed by atoms with van der Waals surface area (Å²) in [5, 5.41) is 7.70. The smallest absolute Gasteiger partial charge is 0.305 e. The zero-order chi connectivity index (χ0) is 19.8. The van der Waals surface area contributed by atoms with Gasteiger partial charge in [-0.3, -0.25) is 19.7 Å². The van der Waals surface area contributed by atoms with Crippen LogP contribution in [0.25, 0.3) is 0 Å². The molecule has 2 rings (SSSR count). The maximum Gasteiger partial charge on any atom is 0.305 e. The lowest BCUT2D eigenvalue weighted by Gasteiger charge is -2.04. The van der Waals surface area contributed by atoms with Crippen molar-refractivity contribution in [2.24, 2.45) is 0 Å². The van der Waals surface area contributed by atoms with Crippen LogP contribution >= 0.6 is 34.5 Å². The molecule has 0 atom stereocenters. The Morgan fingerprint density at radius 2 is 1.96 bits per heavy atom. The van der Waals surface area contributed by atoms with E-state index in [1.807, 2.05) is 0 Å². The van der Waals surface area contributed by atoms with Gasteiger partial charge in [-0.25, -0.2) is 4.98 Å². The summed E-state index contributed by atoms with van der Waals surface area (Å²) in [7, 11) is 0. The van der Waals surface area contributed by atoms with E-state index in [2.05, 4.69) is 15.6 Å². The van der Waals surface area contributed by atoms with Gasteiger partial charge < -0.3 is 10.1 Å². The summed E-state index contributed by atoms with van der Waals surface area (Å²) >= 11 is 12.8. The largest absolute Gasteiger partial charge is 0.466 e. The Bertz CT molecular complexity index is 841. The standard InChI is InChI=1S/C17H17Cl2N3O4S/c1-2-26-14(23)4-3-7-20-16(25)13-9-27-17(21-13)22-15(24)10-5-6-11(18)12(19)8-10/h5-6,8-9H,2-4,7H2,1H3,(H,20,25)(H,21,22,24). The number of aromatic nitrogens is 1. The van der Waals surface area contributed by atoms with Crippen LogP contribution in [0.4, 0.5) is 5.13 Å². The zero-order valence-electron chi connectivity index (χ0n) is 14.4. The van der Waals surface area contributed by atoms with Crippen molar-refractivity contribution in [2.75, 3.05) is 18.5 Å². The van der Waals surface area contributed by atoms with Gasteiger partial charge in [0.15, 0.2) is 5.13 Å². The second-order valence-electron chi connectivity index (χ2n) is 5.29. The van der Waals surface area contributed by atoms with Crippen LogP contribution in [0.3, 0.4) is 0 Å². The number of carbonyl (C=O) groups excluding carboxylic acids is 3. The number of rotatable bonds is 8. The van der Waals surface area contributed by atoms with E-state index in [0.717, 1.165) is 11.3 Å². The van der Waals surface area contributed by atoms with Crippen molar-refractivity contribution in [1.29, 1.82) is 0 Å². The quantitative estimate of drug-likeness (QED) is 0.491. The Hall–Kier alpha value is -2.16. The molecule has 2 aromatic rings. The van der Waals surface area contributed by atoms with Gasteiger partial charge in [-0.2, -0.15) is 0 Å². The SMILES string of the molecule is CCOC(=O)CCCNC(=O)c1csc(NC(=O)c2ccc(Cl)c(Cl)c2)n1. The molecule has 0 fully saturated rings. The van der Waals surface area contributed by atoms with Gasteiger partial charge in [0.25, 0.3) is 11.8 Å². The highest BCUT2D eigenvalue weighted by molar-refractivity contribution is 7.14. The fourth-order valence-electron chi connectivity index (χ4n) is 2.00. The van der Waals surface area contributed by atoms with Gasteiger partial charge in [0.05, 0.1) is 16.7 Å². The summed E-state index contributed by atoms with van der Waals surface area (Å²) in [4.78, 5) is 39.5. The molecule has 0 spiro atoms. The summed E-state index contributed by atoms with van der Waals surface area (Å²) in [6, 6.07) is 4.51. The van der Waals surface area contributed by atoms with Crippen LogP contribution in [-0.2, 0) is 9.53 Å². The first-order valence-corrected chi connectivity index (χ1v) is 9.70. The third kappa shape index (κ3) is 6.50. The Morgan fingerprint density at radius 1 is 1.19 bits per heavy atom. The van der Waals surface area contributed by atoms with E-state index in [1.165, 1.54) is 23.6 Å². The van der Waals surface area contributed by atoms with Crippen molar-refractivity contribution in [1.82, 2.24) is 10.3 Å². The number of nitrogens with zero attached hydrogens (tertiary/aromatic N) is 1. The number of thiazole rings is 1. The maximum absolute atomic E-state index is 12.2. The van der Waals surface area contributed by atoms with E-state index in [4.69, 9.17) is 27.9 Å². The molecule has 0 radical (unpaired) electrons. The lowest BCUT2D eigenvalue weighted by molar-refractivity contribution is -0.143. The number of ether oxygens (including phenoxy) is 1. The van der Waals surface area contributed by atoms with Gasteiger partial charge in [0, 0.05) is 23.9 Å². The van der Waals surface area contributed by atoms with Crippen LogP contribution in [0.2, 0.25) is 10.0 Å². The molecular formula is C17H17Cl2N3O4S. The average molecular weight is 430 g/mol. The third-order valence-corrected chi connectivity index (χ3v) is 4.78. The summed E-state index contributed by atoms with van der Waals surface area (Å²) in [6.07, 6.45) is 0.700. The highest BCUT2D eigenvalue weighted by Gasteiger charge is 2.14. The van der Waals surface area contributed by atoms with Crippen molar-refractivity contribution in [3.8, 4) is 0 Å². The predicted molar refractivity (Wildman–Crippen MR) is 105 cm³/mol. The van der Waals surface area contributed by atoms with Gasteiger partial charge >= 0.3 is 5.97 Å². The molecule has 1 aromatic carbocycles. The molecular weight excluding hydrogens is 413 g/mol. The molecule has 27 heavy (non-hydrogen) atoms. The van der Waals surface area contributed by atoms with Crippen molar-refractivity contribution >= 4 is 57.5 Å². The number of hydrogen-bond acceptors (Lipinski definition) is 6. The highest BCUT2D eigenvalue weighted by atomic mass is 35.5. The fourth-order valence-corrected chi connectivity index (χ4v) is 2.98. The molecule has 144 valence electrons. The third-order valence-electron chi connectivity index (χ3n) is 3.29. The number of nitrogens with one attached hydrogen (secondary N) is 2. The van der Waals surface area contributed by atoms with Gasteiger partial charge in [-0.15, -0.1) is 11.3 Å². The Balaban J connectivity index is 1.84. The van der Waals surface area contributed by atoms with Gasteiger partial charge in [0.2, 0.25) is 0 Å². The highest BCUT2D eigenvalue weighted by Crippen LogP contribution is 2.23. The molecule has 1 aromatic heterocycles. The maximum atomic E-state index is 12.2. The molecule has 0 bridgehead atoms. The lowest BCUT2D eigenvalue weighted by Crippen LogP contribution is -2.25. The molecule has 7 nitrogen and oxygen atoms in total. The van der Waals surface area contributed by atoms with E-state index < -0.39 is 5.91 Å². The van der Waals surface area contributed by atoms with E-state index in [0.29, 0.717) is 30.2 Å². The molecule has 0 saturated carbocycles. The predicted octanol–water partition coefficient (Wildman–Crippen LogP) is 3.78. The zero-order valence-corrected chi connectivity index (χ0v) is 16.7. The van der Waals surface area contributed by atoms with Crippen LogP contribution in [0.5, 0.6) is 0 Å². The number of carbonyl (C=O) groups is 3. The number of amides is 2. The van der Waals surface area contributed by atoms with E-state index in [9.17, 15) is 14.4 Å². The molecule has 0 aliphatic rings. The van der Waals surface area contributed by atoms with Crippen molar-refractivity contribution < 1.29 is 19.1 Å². The van der Waals surface area contributed by atoms with Gasteiger partial charge in [0.1, 0.15) is 5.69 Å². The normalized spacial score (nSPS) is 10.3. The molecule has 2 amide bonds. The molecule has 0 unspecified atom stereocenters. The van der Waals surface area contributed by atoms with Crippen molar-refractivity contribution in [3.63, 3.8) is 0 Å². The topological polar surface area (TPSA) is 97.4 Å². The van der Waals surface area contributed by atoms with Crippen LogP contribution in [0.1, 0.15) is 40.6 Å². The minimum Gasteiger partial charge on any atom is -0.466 e. The monoisotopic (exact) mass is 429 g/mol. The average Bonchev–Trinajstić information content (AvgIpc) is 3.09. The Kier molecular flexibility index (Phi) is 8.02. The fraction of sp³-hybridized carbons (Fsp3) is 0.294. The molecule has 10 heteroatoms. The Morgan fingerprint density at radius 3 is 2.67 bits per heavy atom. The number of halogens is 2. The summed E-state index contributed by atoms with van der Waals surface area (Å²) in [5.41, 5.74) is 0.505. The second kappa shape index (κ2) is 10.2. The van der Waals surface area contributed by atoms with Crippen LogP contribution in [0.15, 0.2) is 23.6 Å². The molecule has 1 heterocycles. The molecule has 2 N–H and O–H groups in total. The molecule has 0 aliphatic heterocycles. The molecule has 0 aliphatic carbocycles. The van der Waals surface area contributed by atoms with Crippen LogP contribution in [-0.4, -0.2) is 35.9 Å². The minimum atomic E-state index is -0.413. The van der Waals surface area contributed by atoms with E-state index >= 15 is 0 Å². The van der Waals surface area contributed by atoms with Crippen molar-refractivity contribution in [2.45, 2.75) is 19.8 Å². The van der Waals surface area contributed by atoms with Gasteiger partial charge in [-0.1, -0.05) is 23.2 Å². The second-order valence-corrected chi connectivity index (χ2v) is 6.96. The van der Waals surface area contributed by atoms with Crippen molar-refractivity contribution in [3.05, 3.63) is 44.9 Å². The van der Waals surface area contributed by atoms with E-state index in [1.54, 1.807) is 6.92 Å². The number of benzene rings is 1. The summed E-state index contributed by atoms with van der Waals surface area (Å²) < 4.78 is 4.81. The first kappa shape index (κ1) is 21.1. The molecule has 0 saturated heterocycles. The van der Waals surface area contributed by atoms with Crippen LogP contribution < -0.4 is 10.6 Å². The summed E-state index contributed by atoms with van der Waals surface area (Å²) in [5.74, 6) is -1.10. The number of hydrogen-bond donors (Lipinski definition) is 2. The van der Waals surface area contributed by atoms with Crippen LogP contribution in [0, 0.1) is 0 Å².